The quantitative estimate of drug-likeness (QED) is 0.206. The first kappa shape index (κ1) is 28.1. The van der Waals surface area contributed by atoms with Crippen LogP contribution in [-0.2, 0) is 0 Å². The standard InChI is InChI=1S/C39H41N2Si/c1-27(2)40-29(5)30(6)41(28(3)4)39(40)42-37(33-23-15-9-16-24-33)35(31-19-11-7-12-20-31)36(32-21-13-8-14-22-32)38(42)34-25-17-10-18-26-34/h7-28,39H,1-6H3. The fourth-order valence-corrected chi connectivity index (χ4v) is 11.3. The molecule has 2 aliphatic heterocycles. The van der Waals surface area contributed by atoms with Crippen molar-refractivity contribution in [2.75, 3.05) is 0 Å². The number of nitrogens with zero attached hydrogens (tertiary/aromatic N) is 2. The first-order valence-corrected chi connectivity index (χ1v) is 16.8. The average Bonchev–Trinajstić information content (AvgIpc) is 3.50. The summed E-state index contributed by atoms with van der Waals surface area (Å²) in [5, 5.41) is 3.02. The summed E-state index contributed by atoms with van der Waals surface area (Å²) in [7, 11) is -1.44. The molecule has 0 aromatic heterocycles. The van der Waals surface area contributed by atoms with Gasteiger partial charge < -0.3 is 9.80 Å². The van der Waals surface area contributed by atoms with E-state index in [1.54, 1.807) is 0 Å². The van der Waals surface area contributed by atoms with Crippen LogP contribution in [0.4, 0.5) is 0 Å². The van der Waals surface area contributed by atoms with Crippen LogP contribution in [0.3, 0.4) is 0 Å². The van der Waals surface area contributed by atoms with Crippen molar-refractivity contribution in [1.82, 2.24) is 9.80 Å². The molecule has 0 atom stereocenters. The van der Waals surface area contributed by atoms with Crippen LogP contribution in [0, 0.1) is 0 Å². The van der Waals surface area contributed by atoms with Crippen molar-refractivity contribution in [1.29, 1.82) is 0 Å². The Balaban J connectivity index is 1.78. The van der Waals surface area contributed by atoms with Crippen LogP contribution in [0.25, 0.3) is 21.5 Å². The first-order valence-electron chi connectivity index (χ1n) is 15.2. The van der Waals surface area contributed by atoms with Gasteiger partial charge in [-0.2, -0.15) is 0 Å². The van der Waals surface area contributed by atoms with Crippen molar-refractivity contribution < 1.29 is 0 Å². The fourth-order valence-electron chi connectivity index (χ4n) is 6.99. The third-order valence-corrected chi connectivity index (χ3v) is 12.0. The molecule has 1 radical (unpaired) electrons. The average molecular weight is 566 g/mol. The van der Waals surface area contributed by atoms with Crippen LogP contribution in [-0.4, -0.2) is 36.5 Å². The molecule has 6 rings (SSSR count). The Morgan fingerprint density at radius 1 is 0.452 bits per heavy atom. The lowest BCUT2D eigenvalue weighted by Crippen LogP contribution is -2.55. The third-order valence-electron chi connectivity index (χ3n) is 8.73. The minimum absolute atomic E-state index is 0.236. The van der Waals surface area contributed by atoms with Gasteiger partial charge in [-0.1, -0.05) is 121 Å². The molecule has 0 aliphatic carbocycles. The second-order valence-electron chi connectivity index (χ2n) is 11.9. The lowest BCUT2D eigenvalue weighted by atomic mass is 9.89. The number of rotatable bonds is 7. The SMILES string of the molecule is CC1=C(C)N(C(C)C)C([Si]2C(c3ccccc3)=C(c3ccccc3)C(c3ccccc3)=C2c2ccccc2)N1C(C)C. The Bertz CT molecular complexity index is 1510. The molecule has 0 fully saturated rings. The van der Waals surface area contributed by atoms with Gasteiger partial charge in [0.05, 0.1) is 5.79 Å². The summed E-state index contributed by atoms with van der Waals surface area (Å²) in [6, 6.07) is 45.4. The molecule has 0 spiro atoms. The smallest absolute Gasteiger partial charge is 0.175 e. The highest BCUT2D eigenvalue weighted by atomic mass is 28.3. The predicted molar refractivity (Wildman–Crippen MR) is 181 cm³/mol. The van der Waals surface area contributed by atoms with Crippen LogP contribution < -0.4 is 0 Å². The Hall–Kier alpha value is -4.08. The van der Waals surface area contributed by atoms with Gasteiger partial charge in [0, 0.05) is 23.5 Å². The van der Waals surface area contributed by atoms with Gasteiger partial charge in [-0.05, 0) is 85.3 Å². The van der Waals surface area contributed by atoms with Gasteiger partial charge in [0.2, 0.25) is 0 Å². The van der Waals surface area contributed by atoms with Crippen molar-refractivity contribution in [3.8, 4) is 0 Å². The van der Waals surface area contributed by atoms with E-state index in [2.05, 4.69) is 173 Å². The number of benzene rings is 4. The van der Waals surface area contributed by atoms with Crippen LogP contribution in [0.1, 0.15) is 63.8 Å². The molecule has 2 heterocycles. The van der Waals surface area contributed by atoms with Gasteiger partial charge in [0.1, 0.15) is 0 Å². The lowest BCUT2D eigenvalue weighted by Gasteiger charge is -2.43. The Morgan fingerprint density at radius 2 is 0.738 bits per heavy atom. The lowest BCUT2D eigenvalue weighted by molar-refractivity contribution is 0.150. The van der Waals surface area contributed by atoms with Crippen molar-refractivity contribution in [2.45, 2.75) is 59.4 Å². The van der Waals surface area contributed by atoms with Gasteiger partial charge in [-0.15, -0.1) is 0 Å². The van der Waals surface area contributed by atoms with Gasteiger partial charge in [-0.25, -0.2) is 0 Å². The number of allylic oxidation sites excluding steroid dienone is 4. The van der Waals surface area contributed by atoms with E-state index in [9.17, 15) is 0 Å². The highest BCUT2D eigenvalue weighted by molar-refractivity contribution is 7.01. The van der Waals surface area contributed by atoms with E-state index in [0.717, 1.165) is 0 Å². The first-order chi connectivity index (χ1) is 20.4. The molecule has 0 N–H and O–H groups in total. The Kier molecular flexibility index (Phi) is 7.79. The van der Waals surface area contributed by atoms with Crippen molar-refractivity contribution in [3.63, 3.8) is 0 Å². The molecule has 2 nitrogen and oxygen atoms in total. The molecule has 0 bridgehead atoms. The minimum atomic E-state index is -1.44. The summed E-state index contributed by atoms with van der Waals surface area (Å²) < 4.78 is 0. The molecule has 4 aromatic carbocycles. The Morgan fingerprint density at radius 3 is 1.02 bits per heavy atom. The maximum absolute atomic E-state index is 2.73. The fraction of sp³-hybridized carbons (Fsp3) is 0.231. The van der Waals surface area contributed by atoms with E-state index in [4.69, 9.17) is 0 Å². The normalized spacial score (nSPS) is 16.7. The summed E-state index contributed by atoms with van der Waals surface area (Å²) in [5.74, 6) is 0.236. The molecular formula is C39H41N2Si. The number of hydrogen-bond donors (Lipinski definition) is 0. The largest absolute Gasteiger partial charge is 0.353 e. The van der Waals surface area contributed by atoms with E-state index < -0.39 is 8.80 Å². The summed E-state index contributed by atoms with van der Waals surface area (Å²) in [6.07, 6.45) is 0. The zero-order valence-electron chi connectivity index (χ0n) is 25.7. The Labute approximate surface area is 253 Å². The highest BCUT2D eigenvalue weighted by Gasteiger charge is 2.50. The third kappa shape index (κ3) is 4.76. The second kappa shape index (κ2) is 11.7. The van der Waals surface area contributed by atoms with Crippen molar-refractivity contribution >= 4 is 30.3 Å². The van der Waals surface area contributed by atoms with Crippen molar-refractivity contribution in [3.05, 3.63) is 155 Å². The molecule has 2 aliphatic rings. The summed E-state index contributed by atoms with van der Waals surface area (Å²) in [6.45, 7) is 14.1. The molecular weight excluding hydrogens is 525 g/mol. The van der Waals surface area contributed by atoms with Crippen LogP contribution in [0.5, 0.6) is 0 Å². The van der Waals surface area contributed by atoms with E-state index in [1.807, 2.05) is 0 Å². The van der Waals surface area contributed by atoms with E-state index in [0.29, 0.717) is 12.1 Å². The molecule has 3 heteroatoms. The minimum Gasteiger partial charge on any atom is -0.353 e. The topological polar surface area (TPSA) is 6.48 Å². The monoisotopic (exact) mass is 565 g/mol. The van der Waals surface area contributed by atoms with Gasteiger partial charge in [-0.3, -0.25) is 0 Å². The molecule has 0 amide bonds. The molecule has 0 saturated carbocycles. The molecule has 211 valence electrons. The molecule has 4 aromatic rings. The summed E-state index contributed by atoms with van der Waals surface area (Å²) in [4.78, 5) is 5.46. The highest BCUT2D eigenvalue weighted by Crippen LogP contribution is 2.54. The van der Waals surface area contributed by atoms with Gasteiger partial charge >= 0.3 is 0 Å². The maximum Gasteiger partial charge on any atom is 0.175 e. The zero-order valence-corrected chi connectivity index (χ0v) is 26.7. The van der Waals surface area contributed by atoms with E-state index >= 15 is 0 Å². The summed E-state index contributed by atoms with van der Waals surface area (Å²) >= 11 is 0. The van der Waals surface area contributed by atoms with Gasteiger partial charge in [0.25, 0.3) is 0 Å². The van der Waals surface area contributed by atoms with Crippen molar-refractivity contribution in [2.24, 2.45) is 0 Å². The maximum atomic E-state index is 2.73. The molecule has 42 heavy (non-hydrogen) atoms. The molecule has 0 saturated heterocycles. The van der Waals surface area contributed by atoms with E-state index in [-0.39, 0.29) is 5.79 Å². The predicted octanol–water partition coefficient (Wildman–Crippen LogP) is 9.35. The molecule has 0 unspecified atom stereocenters. The zero-order chi connectivity index (χ0) is 29.4. The van der Waals surface area contributed by atoms with Crippen LogP contribution in [0.15, 0.2) is 133 Å². The summed E-state index contributed by atoms with van der Waals surface area (Å²) in [5.41, 5.74) is 10.8. The second-order valence-corrected chi connectivity index (χ2v) is 14.3. The van der Waals surface area contributed by atoms with Gasteiger partial charge in [0.15, 0.2) is 8.80 Å². The number of hydrogen-bond acceptors (Lipinski definition) is 2. The van der Waals surface area contributed by atoms with Crippen LogP contribution in [0.2, 0.25) is 0 Å². The van der Waals surface area contributed by atoms with Crippen LogP contribution >= 0.6 is 0 Å². The van der Waals surface area contributed by atoms with E-state index in [1.165, 1.54) is 55.2 Å².